The molecule has 35 heavy (non-hydrogen) atoms. The highest BCUT2D eigenvalue weighted by molar-refractivity contribution is 7.90. The van der Waals surface area contributed by atoms with Crippen molar-refractivity contribution < 1.29 is 17.9 Å². The van der Waals surface area contributed by atoms with E-state index in [2.05, 4.69) is 36.2 Å². The molecule has 0 radical (unpaired) electrons. The average Bonchev–Trinajstić information content (AvgIpc) is 3.48. The molecule has 2 heterocycles. The average molecular weight is 495 g/mol. The molecule has 1 fully saturated rings. The van der Waals surface area contributed by atoms with Crippen molar-refractivity contribution in [2.75, 3.05) is 45.5 Å². The van der Waals surface area contributed by atoms with Crippen LogP contribution in [0.25, 0.3) is 5.69 Å². The Hall–Kier alpha value is -3.17. The lowest BCUT2D eigenvalue weighted by atomic mass is 9.95. The van der Waals surface area contributed by atoms with Crippen LogP contribution in [0.5, 0.6) is 5.75 Å². The predicted molar refractivity (Wildman–Crippen MR) is 135 cm³/mol. The third-order valence-corrected chi connectivity index (χ3v) is 7.94. The molecule has 9 heteroatoms. The van der Waals surface area contributed by atoms with E-state index in [0.717, 1.165) is 18.5 Å². The lowest BCUT2D eigenvalue weighted by molar-refractivity contribution is 0.0973. The summed E-state index contributed by atoms with van der Waals surface area (Å²) in [5.74, 6) is 0.403. The van der Waals surface area contributed by atoms with Crippen molar-refractivity contribution in [3.05, 3.63) is 65.4 Å². The fourth-order valence-electron chi connectivity index (χ4n) is 5.07. The maximum atomic E-state index is 13.8. The van der Waals surface area contributed by atoms with Crippen LogP contribution in [0.3, 0.4) is 0 Å². The van der Waals surface area contributed by atoms with E-state index >= 15 is 0 Å². The van der Waals surface area contributed by atoms with Gasteiger partial charge in [-0.1, -0.05) is 12.1 Å². The van der Waals surface area contributed by atoms with Gasteiger partial charge in [0, 0.05) is 36.0 Å². The van der Waals surface area contributed by atoms with Gasteiger partial charge in [0.2, 0.25) is 0 Å². The van der Waals surface area contributed by atoms with Crippen molar-refractivity contribution in [1.29, 1.82) is 0 Å². The molecule has 1 amide bonds. The second-order valence-corrected chi connectivity index (χ2v) is 11.7. The van der Waals surface area contributed by atoms with E-state index < -0.39 is 9.84 Å². The van der Waals surface area contributed by atoms with Crippen LogP contribution >= 0.6 is 0 Å². The third-order valence-electron chi connectivity index (χ3n) is 6.91. The molecule has 2 aromatic carbocycles. The standard InChI is InChI=1S/C26H30N4O4S/c1-28(2)17-26(14-15-26)18-5-7-19(8-6-18)29-16-13-22-23(25(29)31)30(27-24(22)35(4,32)33)20-9-11-21(34-3)12-10-20/h5-12H,13-17H2,1-4H3. The summed E-state index contributed by atoms with van der Waals surface area (Å²) in [5.41, 5.74) is 3.66. The summed E-state index contributed by atoms with van der Waals surface area (Å²) in [4.78, 5) is 17.7. The number of carbonyl (C=O) groups excluding carboxylic acids is 1. The molecule has 8 nitrogen and oxygen atoms in total. The lowest BCUT2D eigenvalue weighted by Crippen LogP contribution is -2.39. The number of methoxy groups -OCH3 is 1. The Kier molecular flexibility index (Phi) is 5.72. The topological polar surface area (TPSA) is 84.7 Å². The maximum Gasteiger partial charge on any atom is 0.277 e. The first kappa shape index (κ1) is 23.6. The monoisotopic (exact) mass is 494 g/mol. The Labute approximate surface area is 206 Å². The molecule has 0 N–H and O–H groups in total. The van der Waals surface area contributed by atoms with E-state index in [1.165, 1.54) is 23.1 Å². The first-order chi connectivity index (χ1) is 16.6. The van der Waals surface area contributed by atoms with E-state index in [0.29, 0.717) is 30.0 Å². The number of sulfone groups is 1. The second-order valence-electron chi connectivity index (χ2n) is 9.79. The minimum atomic E-state index is -3.61. The number of hydrogen-bond acceptors (Lipinski definition) is 6. The maximum absolute atomic E-state index is 13.8. The van der Waals surface area contributed by atoms with Crippen LogP contribution in [0.2, 0.25) is 0 Å². The molecule has 3 aromatic rings. The summed E-state index contributed by atoms with van der Waals surface area (Å²) in [6.07, 6.45) is 3.88. The van der Waals surface area contributed by atoms with Crippen molar-refractivity contribution in [2.45, 2.75) is 29.7 Å². The van der Waals surface area contributed by atoms with Crippen LogP contribution in [0, 0.1) is 0 Å². The number of hydrogen-bond donors (Lipinski definition) is 0. The molecule has 0 atom stereocenters. The van der Waals surface area contributed by atoms with Gasteiger partial charge in [-0.05, 0) is 75.3 Å². The first-order valence-corrected chi connectivity index (χ1v) is 13.6. The molecule has 2 aliphatic rings. The van der Waals surface area contributed by atoms with Crippen LogP contribution in [0.15, 0.2) is 53.6 Å². The number of fused-ring (bicyclic) bond motifs is 1. The molecule has 184 valence electrons. The Morgan fingerprint density at radius 3 is 2.20 bits per heavy atom. The van der Waals surface area contributed by atoms with E-state index in [4.69, 9.17) is 4.74 Å². The zero-order valence-corrected chi connectivity index (χ0v) is 21.3. The van der Waals surface area contributed by atoms with Crippen LogP contribution in [0.1, 0.15) is 34.5 Å². The number of amides is 1. The highest BCUT2D eigenvalue weighted by Gasteiger charge is 2.44. The lowest BCUT2D eigenvalue weighted by Gasteiger charge is -2.28. The number of rotatable bonds is 7. The quantitative estimate of drug-likeness (QED) is 0.502. The van der Waals surface area contributed by atoms with Gasteiger partial charge in [0.25, 0.3) is 5.91 Å². The number of ether oxygens (including phenoxy) is 1. The molecule has 1 saturated carbocycles. The van der Waals surface area contributed by atoms with Crippen molar-refractivity contribution in [3.8, 4) is 11.4 Å². The Morgan fingerprint density at radius 2 is 1.66 bits per heavy atom. The molecular formula is C26H30N4O4S. The fourth-order valence-corrected chi connectivity index (χ4v) is 5.95. The van der Waals surface area contributed by atoms with Gasteiger partial charge in [0.05, 0.1) is 12.8 Å². The Bertz CT molecular complexity index is 1370. The molecule has 5 rings (SSSR count). The third kappa shape index (κ3) is 4.23. The minimum Gasteiger partial charge on any atom is -0.497 e. The number of carbonyl (C=O) groups is 1. The number of likely N-dealkylation sites (N-methyl/N-ethyl adjacent to an activating group) is 1. The van der Waals surface area contributed by atoms with Gasteiger partial charge in [-0.25, -0.2) is 13.1 Å². The van der Waals surface area contributed by atoms with E-state index in [1.54, 1.807) is 36.3 Å². The van der Waals surface area contributed by atoms with Crippen LogP contribution in [-0.2, 0) is 21.7 Å². The van der Waals surface area contributed by atoms with Crippen molar-refractivity contribution >= 4 is 21.4 Å². The summed E-state index contributed by atoms with van der Waals surface area (Å²) in [6.45, 7) is 1.40. The molecule has 0 unspecified atom stereocenters. The summed E-state index contributed by atoms with van der Waals surface area (Å²) in [5, 5.41) is 4.35. The van der Waals surface area contributed by atoms with Gasteiger partial charge >= 0.3 is 0 Å². The molecule has 0 spiro atoms. The van der Waals surface area contributed by atoms with Gasteiger partial charge in [0.15, 0.2) is 14.9 Å². The highest BCUT2D eigenvalue weighted by Crippen LogP contribution is 2.48. The number of aromatic nitrogens is 2. The van der Waals surface area contributed by atoms with E-state index in [1.807, 2.05) is 12.1 Å². The number of nitrogens with zero attached hydrogens (tertiary/aromatic N) is 4. The molecular weight excluding hydrogens is 464 g/mol. The zero-order chi connectivity index (χ0) is 25.0. The number of anilines is 1. The van der Waals surface area contributed by atoms with Gasteiger partial charge < -0.3 is 14.5 Å². The van der Waals surface area contributed by atoms with Crippen molar-refractivity contribution in [2.24, 2.45) is 0 Å². The molecule has 1 aliphatic heterocycles. The van der Waals surface area contributed by atoms with Gasteiger partial charge in [-0.3, -0.25) is 4.79 Å². The van der Waals surface area contributed by atoms with Gasteiger partial charge in [0.1, 0.15) is 11.4 Å². The molecule has 1 aliphatic carbocycles. The van der Waals surface area contributed by atoms with E-state index in [9.17, 15) is 13.2 Å². The van der Waals surface area contributed by atoms with Gasteiger partial charge in [-0.2, -0.15) is 5.10 Å². The Morgan fingerprint density at radius 1 is 1.03 bits per heavy atom. The Balaban J connectivity index is 1.52. The molecule has 1 aromatic heterocycles. The largest absolute Gasteiger partial charge is 0.497 e. The first-order valence-electron chi connectivity index (χ1n) is 11.7. The van der Waals surface area contributed by atoms with Crippen molar-refractivity contribution in [1.82, 2.24) is 14.7 Å². The zero-order valence-electron chi connectivity index (χ0n) is 20.5. The predicted octanol–water partition coefficient (Wildman–Crippen LogP) is 3.08. The van der Waals surface area contributed by atoms with Crippen LogP contribution in [0.4, 0.5) is 5.69 Å². The number of benzene rings is 2. The second kappa shape index (κ2) is 8.49. The SMILES string of the molecule is COc1ccc(-n2nc(S(C)(=O)=O)c3c2C(=O)N(c2ccc(C4(CN(C)C)CC4)cc2)CC3)cc1. The normalized spacial score (nSPS) is 16.9. The molecule has 0 saturated heterocycles. The van der Waals surface area contributed by atoms with Crippen LogP contribution < -0.4 is 9.64 Å². The van der Waals surface area contributed by atoms with Crippen molar-refractivity contribution in [3.63, 3.8) is 0 Å². The molecule has 0 bridgehead atoms. The fraction of sp³-hybridized carbons (Fsp3) is 0.385. The highest BCUT2D eigenvalue weighted by atomic mass is 32.2. The summed E-state index contributed by atoms with van der Waals surface area (Å²) >= 11 is 0. The summed E-state index contributed by atoms with van der Waals surface area (Å²) in [6, 6.07) is 15.3. The smallest absolute Gasteiger partial charge is 0.277 e. The minimum absolute atomic E-state index is 0.0361. The van der Waals surface area contributed by atoms with Gasteiger partial charge in [-0.15, -0.1) is 0 Å². The van der Waals surface area contributed by atoms with E-state index in [-0.39, 0.29) is 22.0 Å². The summed E-state index contributed by atoms with van der Waals surface area (Å²) < 4.78 is 31.7. The van der Waals surface area contributed by atoms with Crippen LogP contribution in [-0.4, -0.2) is 69.6 Å². The summed E-state index contributed by atoms with van der Waals surface area (Å²) in [7, 11) is 2.15.